The first-order chi connectivity index (χ1) is 7.39. The zero-order valence-corrected chi connectivity index (χ0v) is 10.2. The van der Waals surface area contributed by atoms with Crippen molar-refractivity contribution in [3.8, 4) is 11.5 Å². The number of halogens is 1. The highest BCUT2D eigenvalue weighted by Crippen LogP contribution is 2.41. The highest BCUT2D eigenvalue weighted by atomic mass is 35.5. The Morgan fingerprint density at radius 1 is 1.44 bits per heavy atom. The lowest BCUT2D eigenvalue weighted by molar-refractivity contribution is 0.0213. The van der Waals surface area contributed by atoms with E-state index in [0.29, 0.717) is 28.7 Å². The molecule has 1 aromatic carbocycles. The van der Waals surface area contributed by atoms with Crippen LogP contribution in [0.15, 0.2) is 12.1 Å². The van der Waals surface area contributed by atoms with Gasteiger partial charge in [0.25, 0.3) is 0 Å². The minimum absolute atomic E-state index is 0.0447. The van der Waals surface area contributed by atoms with E-state index in [4.69, 9.17) is 21.1 Å². The number of hydrogen-bond acceptors (Lipinski definition) is 3. The number of carbonyl (C=O) groups excluding carboxylic acids is 1. The summed E-state index contributed by atoms with van der Waals surface area (Å²) in [6, 6.07) is 3.27. The molecule has 1 aromatic rings. The predicted molar refractivity (Wildman–Crippen MR) is 61.7 cm³/mol. The Balaban J connectivity index is 2.49. The molecule has 1 aliphatic rings. The quantitative estimate of drug-likeness (QED) is 0.708. The second-order valence-corrected chi connectivity index (χ2v) is 4.90. The predicted octanol–water partition coefficient (Wildman–Crippen LogP) is 3.09. The zero-order chi connectivity index (χ0) is 11.9. The minimum atomic E-state index is -0.397. The Labute approximate surface area is 99.3 Å². The Morgan fingerprint density at radius 2 is 2.12 bits per heavy atom. The van der Waals surface area contributed by atoms with E-state index in [9.17, 15) is 4.79 Å². The van der Waals surface area contributed by atoms with E-state index in [1.165, 1.54) is 6.92 Å². The number of hydrogen-bond donors (Lipinski definition) is 0. The Morgan fingerprint density at radius 3 is 2.75 bits per heavy atom. The summed E-state index contributed by atoms with van der Waals surface area (Å²) < 4.78 is 11.3. The van der Waals surface area contributed by atoms with E-state index in [-0.39, 0.29) is 5.78 Å². The molecule has 3 nitrogen and oxygen atoms in total. The molecule has 0 fully saturated rings. The number of rotatable bonds is 1. The van der Waals surface area contributed by atoms with E-state index in [1.54, 1.807) is 12.1 Å². The smallest absolute Gasteiger partial charge is 0.180 e. The third kappa shape index (κ3) is 2.00. The molecule has 0 saturated carbocycles. The van der Waals surface area contributed by atoms with E-state index >= 15 is 0 Å². The van der Waals surface area contributed by atoms with Gasteiger partial charge in [0.15, 0.2) is 17.3 Å². The molecule has 1 heterocycles. The fourth-order valence-corrected chi connectivity index (χ4v) is 1.83. The fourth-order valence-electron chi connectivity index (χ4n) is 1.56. The van der Waals surface area contributed by atoms with Crippen LogP contribution >= 0.6 is 11.6 Å². The van der Waals surface area contributed by atoms with E-state index in [2.05, 4.69) is 0 Å². The molecule has 86 valence electrons. The molecule has 2 rings (SSSR count). The number of ether oxygens (including phenoxy) is 2. The first-order valence-electron chi connectivity index (χ1n) is 5.05. The molecule has 0 atom stereocenters. The van der Waals surface area contributed by atoms with Gasteiger partial charge in [0.2, 0.25) is 0 Å². The second-order valence-electron chi connectivity index (χ2n) is 4.49. The third-order valence-electron chi connectivity index (χ3n) is 2.37. The molecule has 0 aliphatic carbocycles. The maximum atomic E-state index is 11.3. The number of Topliss-reactive ketones (excluding diaryl/α,β-unsaturated/α-hetero) is 1. The van der Waals surface area contributed by atoms with E-state index < -0.39 is 5.60 Å². The Kier molecular flexibility index (Phi) is 2.58. The summed E-state index contributed by atoms with van der Waals surface area (Å²) in [5.41, 5.74) is 0.135. The topological polar surface area (TPSA) is 35.5 Å². The van der Waals surface area contributed by atoms with E-state index in [1.807, 2.05) is 13.8 Å². The fraction of sp³-hybridized carbons (Fsp3) is 0.417. The van der Waals surface area contributed by atoms with Gasteiger partial charge in [0.1, 0.15) is 12.2 Å². The standard InChI is InChI=1S/C12H13ClO3/c1-7(14)8-4-9(13)11-10(5-8)16-12(2,3)6-15-11/h4-5H,6H2,1-3H3. The van der Waals surface area contributed by atoms with Crippen LogP contribution in [0.25, 0.3) is 0 Å². The monoisotopic (exact) mass is 240 g/mol. The average molecular weight is 241 g/mol. The highest BCUT2D eigenvalue weighted by Gasteiger charge is 2.30. The van der Waals surface area contributed by atoms with Crippen molar-refractivity contribution >= 4 is 17.4 Å². The Hall–Kier alpha value is -1.22. The summed E-state index contributed by atoms with van der Waals surface area (Å²) in [6.45, 7) is 5.78. The highest BCUT2D eigenvalue weighted by molar-refractivity contribution is 6.32. The molecule has 0 radical (unpaired) electrons. The number of benzene rings is 1. The van der Waals surface area contributed by atoms with Crippen LogP contribution in [0.1, 0.15) is 31.1 Å². The van der Waals surface area contributed by atoms with Gasteiger partial charge in [-0.15, -0.1) is 0 Å². The van der Waals surface area contributed by atoms with E-state index in [0.717, 1.165) is 0 Å². The van der Waals surface area contributed by atoms with Crippen LogP contribution in [0, 0.1) is 0 Å². The summed E-state index contributed by atoms with van der Waals surface area (Å²) >= 11 is 6.03. The van der Waals surface area contributed by atoms with Gasteiger partial charge >= 0.3 is 0 Å². The molecule has 4 heteroatoms. The molecule has 0 N–H and O–H groups in total. The second kappa shape index (κ2) is 3.67. The van der Waals surface area contributed by atoms with Crippen molar-refractivity contribution in [1.29, 1.82) is 0 Å². The van der Waals surface area contributed by atoms with Crippen LogP contribution in [0.2, 0.25) is 5.02 Å². The molecule has 1 aliphatic heterocycles. The van der Waals surface area contributed by atoms with Gasteiger partial charge in [-0.2, -0.15) is 0 Å². The maximum absolute atomic E-state index is 11.3. The molecule has 0 spiro atoms. The molecule has 0 bridgehead atoms. The van der Waals surface area contributed by atoms with Crippen molar-refractivity contribution in [1.82, 2.24) is 0 Å². The molecule has 0 saturated heterocycles. The summed E-state index contributed by atoms with van der Waals surface area (Å²) in [6.07, 6.45) is 0. The van der Waals surface area contributed by atoms with Crippen LogP contribution in [-0.4, -0.2) is 18.0 Å². The lowest BCUT2D eigenvalue weighted by Crippen LogP contribution is -2.38. The van der Waals surface area contributed by atoms with Gasteiger partial charge in [-0.05, 0) is 32.9 Å². The van der Waals surface area contributed by atoms with Crippen molar-refractivity contribution in [2.45, 2.75) is 26.4 Å². The first-order valence-corrected chi connectivity index (χ1v) is 5.43. The molecule has 0 amide bonds. The van der Waals surface area contributed by atoms with Gasteiger partial charge in [-0.25, -0.2) is 0 Å². The van der Waals surface area contributed by atoms with Crippen LogP contribution in [-0.2, 0) is 0 Å². The van der Waals surface area contributed by atoms with Gasteiger partial charge in [-0.1, -0.05) is 11.6 Å². The SMILES string of the molecule is CC(=O)c1cc(Cl)c2c(c1)OC(C)(C)CO2. The molecule has 16 heavy (non-hydrogen) atoms. The molecular weight excluding hydrogens is 228 g/mol. The van der Waals surface area contributed by atoms with Gasteiger partial charge in [-0.3, -0.25) is 4.79 Å². The van der Waals surface area contributed by atoms with Crippen molar-refractivity contribution in [3.63, 3.8) is 0 Å². The van der Waals surface area contributed by atoms with Crippen LogP contribution in [0.5, 0.6) is 11.5 Å². The summed E-state index contributed by atoms with van der Waals surface area (Å²) in [5.74, 6) is 1.01. The third-order valence-corrected chi connectivity index (χ3v) is 2.65. The van der Waals surface area contributed by atoms with Crippen LogP contribution < -0.4 is 9.47 Å². The molecule has 0 unspecified atom stereocenters. The number of fused-ring (bicyclic) bond motifs is 1. The Bertz CT molecular complexity index is 452. The van der Waals surface area contributed by atoms with Gasteiger partial charge in [0.05, 0.1) is 5.02 Å². The zero-order valence-electron chi connectivity index (χ0n) is 9.46. The normalized spacial score (nSPS) is 17.0. The van der Waals surface area contributed by atoms with Gasteiger partial charge in [0, 0.05) is 5.56 Å². The van der Waals surface area contributed by atoms with Crippen molar-refractivity contribution in [3.05, 3.63) is 22.7 Å². The lowest BCUT2D eigenvalue weighted by Gasteiger charge is -2.33. The molecular formula is C12H13ClO3. The molecule has 0 aromatic heterocycles. The maximum Gasteiger partial charge on any atom is 0.180 e. The number of ketones is 1. The first kappa shape index (κ1) is 11.3. The summed E-state index contributed by atoms with van der Waals surface area (Å²) in [7, 11) is 0. The lowest BCUT2D eigenvalue weighted by atomic mass is 10.1. The van der Waals surface area contributed by atoms with Crippen LogP contribution in [0.4, 0.5) is 0 Å². The largest absolute Gasteiger partial charge is 0.484 e. The summed E-state index contributed by atoms with van der Waals surface area (Å²) in [5, 5.41) is 0.415. The minimum Gasteiger partial charge on any atom is -0.484 e. The van der Waals surface area contributed by atoms with Gasteiger partial charge < -0.3 is 9.47 Å². The van der Waals surface area contributed by atoms with Crippen LogP contribution in [0.3, 0.4) is 0 Å². The van der Waals surface area contributed by atoms with Crippen molar-refractivity contribution in [2.24, 2.45) is 0 Å². The van der Waals surface area contributed by atoms with Crippen molar-refractivity contribution in [2.75, 3.05) is 6.61 Å². The summed E-state index contributed by atoms with van der Waals surface area (Å²) in [4.78, 5) is 11.3. The average Bonchev–Trinajstić information content (AvgIpc) is 2.14. The number of carbonyl (C=O) groups is 1. The van der Waals surface area contributed by atoms with Crippen molar-refractivity contribution < 1.29 is 14.3 Å².